The average molecular weight is 405 g/mol. The summed E-state index contributed by atoms with van der Waals surface area (Å²) in [6.45, 7) is 8.26. The zero-order valence-corrected chi connectivity index (χ0v) is 18.0. The molecule has 1 aliphatic rings. The lowest BCUT2D eigenvalue weighted by atomic mass is 9.87. The van der Waals surface area contributed by atoms with E-state index in [0.717, 1.165) is 16.7 Å². The lowest BCUT2D eigenvalue weighted by molar-refractivity contribution is -0.138. The summed E-state index contributed by atoms with van der Waals surface area (Å²) in [4.78, 5) is 29.1. The Bertz CT molecular complexity index is 1030. The standard InChI is InChI=1S/C25H28N2O3/c1-5-30-24(29)20-12-19-11-10-18(13-21(19)27-23(26)14-20)16-6-8-17(9-7-16)22(28)15-25(2,3)4/h6-13H,5,14-15H2,1-4H3,(H2,26,27). The van der Waals surface area contributed by atoms with Gasteiger partial charge in [-0.05, 0) is 35.6 Å². The van der Waals surface area contributed by atoms with E-state index in [-0.39, 0.29) is 23.6 Å². The summed E-state index contributed by atoms with van der Waals surface area (Å²) >= 11 is 0. The summed E-state index contributed by atoms with van der Waals surface area (Å²) in [5.41, 5.74) is 10.7. The van der Waals surface area contributed by atoms with E-state index in [9.17, 15) is 9.59 Å². The van der Waals surface area contributed by atoms with Crippen molar-refractivity contribution in [2.24, 2.45) is 16.1 Å². The molecule has 0 radical (unpaired) electrons. The minimum atomic E-state index is -0.372. The zero-order chi connectivity index (χ0) is 21.9. The maximum atomic E-state index is 12.4. The van der Waals surface area contributed by atoms with Gasteiger partial charge >= 0.3 is 5.97 Å². The highest BCUT2D eigenvalue weighted by molar-refractivity contribution is 6.03. The van der Waals surface area contributed by atoms with Gasteiger partial charge in [0.15, 0.2) is 5.78 Å². The van der Waals surface area contributed by atoms with Crippen molar-refractivity contribution in [3.8, 4) is 11.1 Å². The predicted octanol–water partition coefficient (Wildman–Crippen LogP) is 5.31. The number of fused-ring (bicyclic) bond motifs is 1. The highest BCUT2D eigenvalue weighted by Crippen LogP contribution is 2.32. The molecule has 0 bridgehead atoms. The first kappa shape index (κ1) is 21.5. The first-order chi connectivity index (χ1) is 14.2. The van der Waals surface area contributed by atoms with Crippen LogP contribution in [0.25, 0.3) is 17.2 Å². The fourth-order valence-corrected chi connectivity index (χ4v) is 3.36. The van der Waals surface area contributed by atoms with Crippen molar-refractivity contribution in [3.05, 3.63) is 59.2 Å². The summed E-state index contributed by atoms with van der Waals surface area (Å²) in [5.74, 6) is 0.140. The van der Waals surface area contributed by atoms with Crippen LogP contribution in [0.2, 0.25) is 0 Å². The van der Waals surface area contributed by atoms with Crippen molar-refractivity contribution in [1.29, 1.82) is 0 Å². The number of ether oxygens (including phenoxy) is 1. The number of hydrogen-bond donors (Lipinski definition) is 1. The summed E-state index contributed by atoms with van der Waals surface area (Å²) in [6, 6.07) is 13.5. The molecule has 0 aromatic heterocycles. The van der Waals surface area contributed by atoms with Crippen LogP contribution in [-0.2, 0) is 9.53 Å². The van der Waals surface area contributed by atoms with Crippen LogP contribution in [0.3, 0.4) is 0 Å². The molecule has 0 saturated heterocycles. The Hall–Kier alpha value is -3.21. The molecule has 30 heavy (non-hydrogen) atoms. The van der Waals surface area contributed by atoms with E-state index in [1.807, 2.05) is 42.5 Å². The van der Waals surface area contributed by atoms with Crippen LogP contribution in [0.15, 0.2) is 53.0 Å². The quantitative estimate of drug-likeness (QED) is 0.541. The zero-order valence-electron chi connectivity index (χ0n) is 18.0. The molecule has 1 heterocycles. The van der Waals surface area contributed by atoms with E-state index in [4.69, 9.17) is 10.5 Å². The summed E-state index contributed by atoms with van der Waals surface area (Å²) < 4.78 is 5.11. The maximum Gasteiger partial charge on any atom is 0.334 e. The van der Waals surface area contributed by atoms with Crippen LogP contribution >= 0.6 is 0 Å². The average Bonchev–Trinajstić information content (AvgIpc) is 2.84. The number of nitrogens with two attached hydrogens (primary N) is 1. The summed E-state index contributed by atoms with van der Waals surface area (Å²) in [7, 11) is 0. The van der Waals surface area contributed by atoms with Crippen LogP contribution < -0.4 is 5.73 Å². The molecule has 5 heteroatoms. The van der Waals surface area contributed by atoms with Gasteiger partial charge in [0.2, 0.25) is 0 Å². The topological polar surface area (TPSA) is 81.8 Å². The number of nitrogens with zero attached hydrogens (tertiary/aromatic N) is 1. The number of carbonyl (C=O) groups excluding carboxylic acids is 2. The SMILES string of the molecule is CCOC(=O)C1=Cc2ccc(-c3ccc(C(=O)CC(C)(C)C)cc3)cc2N=C(N)C1. The molecule has 0 aliphatic carbocycles. The molecule has 0 saturated carbocycles. The van der Waals surface area contributed by atoms with Gasteiger partial charge in [0, 0.05) is 29.5 Å². The molecule has 0 atom stereocenters. The molecule has 3 rings (SSSR count). The van der Waals surface area contributed by atoms with Crippen LogP contribution in [0, 0.1) is 5.41 Å². The molecule has 0 spiro atoms. The third-order valence-electron chi connectivity index (χ3n) is 4.76. The number of benzene rings is 2. The van der Waals surface area contributed by atoms with E-state index >= 15 is 0 Å². The second-order valence-electron chi connectivity index (χ2n) is 8.68. The first-order valence-electron chi connectivity index (χ1n) is 10.1. The number of carbonyl (C=O) groups is 2. The fourth-order valence-electron chi connectivity index (χ4n) is 3.36. The predicted molar refractivity (Wildman–Crippen MR) is 121 cm³/mol. The van der Waals surface area contributed by atoms with Gasteiger partial charge in [0.1, 0.15) is 5.84 Å². The van der Waals surface area contributed by atoms with E-state index in [0.29, 0.717) is 35.7 Å². The van der Waals surface area contributed by atoms with Gasteiger partial charge in [-0.2, -0.15) is 0 Å². The lowest BCUT2D eigenvalue weighted by Crippen LogP contribution is -2.16. The molecule has 5 nitrogen and oxygen atoms in total. The van der Waals surface area contributed by atoms with Crippen molar-refractivity contribution in [1.82, 2.24) is 0 Å². The monoisotopic (exact) mass is 404 g/mol. The number of aliphatic imine (C=N–C) groups is 1. The number of Topliss-reactive ketones (excluding diaryl/α,β-unsaturated/α-hetero) is 1. The van der Waals surface area contributed by atoms with Gasteiger partial charge in [-0.15, -0.1) is 0 Å². The number of rotatable bonds is 5. The van der Waals surface area contributed by atoms with Gasteiger partial charge in [-0.3, -0.25) is 4.79 Å². The molecule has 0 unspecified atom stereocenters. The molecule has 2 N–H and O–H groups in total. The van der Waals surface area contributed by atoms with Crippen molar-refractivity contribution < 1.29 is 14.3 Å². The maximum absolute atomic E-state index is 12.4. The Balaban J connectivity index is 1.89. The van der Waals surface area contributed by atoms with Crippen molar-refractivity contribution in [2.75, 3.05) is 6.61 Å². The highest BCUT2D eigenvalue weighted by Gasteiger charge is 2.19. The summed E-state index contributed by atoms with van der Waals surface area (Å²) in [5, 5.41) is 0. The van der Waals surface area contributed by atoms with Crippen LogP contribution in [0.1, 0.15) is 56.5 Å². The molecule has 2 aromatic rings. The number of ketones is 1. The van der Waals surface area contributed by atoms with Crippen molar-refractivity contribution >= 4 is 29.4 Å². The van der Waals surface area contributed by atoms with Gasteiger partial charge < -0.3 is 10.5 Å². The molecule has 156 valence electrons. The number of amidine groups is 1. The second kappa shape index (κ2) is 8.66. The van der Waals surface area contributed by atoms with Crippen LogP contribution in [0.5, 0.6) is 0 Å². The Morgan fingerprint density at radius 1 is 1.07 bits per heavy atom. The number of hydrogen-bond acceptors (Lipinski definition) is 5. The molecule has 0 amide bonds. The minimum absolute atomic E-state index is 0.0411. The second-order valence-corrected chi connectivity index (χ2v) is 8.68. The van der Waals surface area contributed by atoms with Gasteiger partial charge in [-0.25, -0.2) is 9.79 Å². The van der Waals surface area contributed by atoms with Gasteiger partial charge in [-0.1, -0.05) is 57.2 Å². The Morgan fingerprint density at radius 3 is 2.37 bits per heavy atom. The van der Waals surface area contributed by atoms with Gasteiger partial charge in [0.05, 0.1) is 12.3 Å². The molecule has 0 fully saturated rings. The van der Waals surface area contributed by atoms with Crippen LogP contribution in [-0.4, -0.2) is 24.2 Å². The van der Waals surface area contributed by atoms with E-state index in [2.05, 4.69) is 25.8 Å². The highest BCUT2D eigenvalue weighted by atomic mass is 16.5. The Kier molecular flexibility index (Phi) is 6.20. The molecular weight excluding hydrogens is 376 g/mol. The third kappa shape index (κ3) is 5.23. The minimum Gasteiger partial charge on any atom is -0.463 e. The van der Waals surface area contributed by atoms with E-state index in [1.165, 1.54) is 0 Å². The Labute approximate surface area is 177 Å². The van der Waals surface area contributed by atoms with Gasteiger partial charge in [0.25, 0.3) is 0 Å². The first-order valence-corrected chi connectivity index (χ1v) is 10.1. The summed E-state index contributed by atoms with van der Waals surface area (Å²) in [6.07, 6.45) is 2.55. The smallest absolute Gasteiger partial charge is 0.334 e. The molecular formula is C25H28N2O3. The lowest BCUT2D eigenvalue weighted by Gasteiger charge is -2.16. The largest absolute Gasteiger partial charge is 0.463 e. The molecule has 2 aromatic carbocycles. The van der Waals surface area contributed by atoms with E-state index in [1.54, 1.807) is 13.0 Å². The van der Waals surface area contributed by atoms with E-state index < -0.39 is 0 Å². The van der Waals surface area contributed by atoms with Crippen molar-refractivity contribution in [2.45, 2.75) is 40.5 Å². The van der Waals surface area contributed by atoms with Crippen LogP contribution in [0.4, 0.5) is 5.69 Å². The fraction of sp³-hybridized carbons (Fsp3) is 0.320. The molecule has 1 aliphatic heterocycles. The normalized spacial score (nSPS) is 13.6. The third-order valence-corrected chi connectivity index (χ3v) is 4.76. The Morgan fingerprint density at radius 2 is 1.73 bits per heavy atom. The number of esters is 1. The van der Waals surface area contributed by atoms with Crippen molar-refractivity contribution in [3.63, 3.8) is 0 Å².